The maximum atomic E-state index is 13.9. The van der Waals surface area contributed by atoms with Crippen molar-refractivity contribution >= 4 is 51.3 Å². The number of nitrogens with zero attached hydrogens (tertiary/aromatic N) is 2. The summed E-state index contributed by atoms with van der Waals surface area (Å²) in [5.41, 5.74) is 3.60. The number of carboxylic acid groups (broad SMARTS) is 1. The molecule has 0 unspecified atom stereocenters. The van der Waals surface area contributed by atoms with Gasteiger partial charge in [0, 0.05) is 16.7 Å². The minimum Gasteiger partial charge on any atom is -0.478 e. The van der Waals surface area contributed by atoms with Crippen LogP contribution in [0, 0.1) is 45.9 Å². The second kappa shape index (κ2) is 26.2. The molecule has 0 fully saturated rings. The first-order valence-electron chi connectivity index (χ1n) is 19.4. The molecule has 3 N–H and O–H groups in total. The summed E-state index contributed by atoms with van der Waals surface area (Å²) in [5.74, 6) is -3.47. The highest BCUT2D eigenvalue weighted by molar-refractivity contribution is 9.10. The van der Waals surface area contributed by atoms with E-state index < -0.39 is 41.6 Å². The second-order valence-electron chi connectivity index (χ2n) is 13.3. The molecule has 0 spiro atoms. The Bertz CT molecular complexity index is 2840. The number of nitriles is 2. The van der Waals surface area contributed by atoms with Gasteiger partial charge in [0.1, 0.15) is 29.6 Å². The monoisotopic (exact) mass is 968 g/mol. The Morgan fingerprint density at radius 2 is 0.818 bits per heavy atom. The topological polar surface area (TPSA) is 142 Å². The van der Waals surface area contributed by atoms with Gasteiger partial charge < -0.3 is 15.2 Å². The predicted molar refractivity (Wildman–Crippen MR) is 252 cm³/mol. The highest BCUT2D eigenvalue weighted by Crippen LogP contribution is 2.27. The SMILES string of the molecule is N#Cc1cccc(-c2ccccc2)c1F.N#Cc1cccc(Br)c1F.O=C(Cl)c1cccc(-c2ccccc2)c1F.O=C(O)c1cccc(-c2ccccc2)c1F.OB(O)c1ccccc1. The Kier molecular flexibility index (Phi) is 20.3. The van der Waals surface area contributed by atoms with Gasteiger partial charge in [-0.25, -0.2) is 22.4 Å². The molecule has 8 aromatic rings. The number of halogens is 6. The maximum absolute atomic E-state index is 13.9. The number of benzene rings is 8. The Morgan fingerprint density at radius 1 is 0.470 bits per heavy atom. The third kappa shape index (κ3) is 14.7. The van der Waals surface area contributed by atoms with Crippen molar-refractivity contribution in [2.75, 3.05) is 0 Å². The molecule has 0 bridgehead atoms. The Balaban J connectivity index is 0.000000184. The minimum absolute atomic E-state index is 0.0642. The average molecular weight is 970 g/mol. The normalized spacial score (nSPS) is 9.67. The first-order chi connectivity index (χ1) is 31.8. The van der Waals surface area contributed by atoms with Crippen LogP contribution in [-0.4, -0.2) is 33.5 Å². The molecule has 8 aromatic carbocycles. The van der Waals surface area contributed by atoms with E-state index in [-0.39, 0.29) is 22.3 Å². The average Bonchev–Trinajstić information content (AvgIpc) is 3.34. The minimum atomic E-state index is -1.34. The van der Waals surface area contributed by atoms with Crippen LogP contribution in [0.5, 0.6) is 0 Å². The summed E-state index contributed by atoms with van der Waals surface area (Å²) in [6.07, 6.45) is 0. The molecule has 0 aromatic heterocycles. The zero-order valence-electron chi connectivity index (χ0n) is 34.4. The van der Waals surface area contributed by atoms with Crippen LogP contribution in [0.15, 0.2) is 199 Å². The lowest BCUT2D eigenvalue weighted by Crippen LogP contribution is -2.29. The molecule has 14 heteroatoms. The van der Waals surface area contributed by atoms with Crippen LogP contribution >= 0.6 is 27.5 Å². The third-order valence-corrected chi connectivity index (χ3v) is 9.80. The van der Waals surface area contributed by atoms with Crippen molar-refractivity contribution < 1.29 is 42.3 Å². The molecule has 8 rings (SSSR count). The van der Waals surface area contributed by atoms with E-state index in [4.69, 9.17) is 37.3 Å². The van der Waals surface area contributed by atoms with E-state index in [1.807, 2.05) is 66.7 Å². The highest BCUT2D eigenvalue weighted by Gasteiger charge is 2.15. The molecule has 0 saturated carbocycles. The van der Waals surface area contributed by atoms with Crippen LogP contribution in [0.1, 0.15) is 31.8 Å². The van der Waals surface area contributed by atoms with Gasteiger partial charge in [-0.1, -0.05) is 164 Å². The van der Waals surface area contributed by atoms with Gasteiger partial charge in [0.25, 0.3) is 5.24 Å². The number of carbonyl (C=O) groups excluding carboxylic acids is 1. The van der Waals surface area contributed by atoms with E-state index in [2.05, 4.69) is 15.9 Å². The van der Waals surface area contributed by atoms with Crippen LogP contribution in [0.2, 0.25) is 0 Å². The molecule has 0 atom stereocenters. The van der Waals surface area contributed by atoms with Gasteiger partial charge in [-0.2, -0.15) is 10.5 Å². The van der Waals surface area contributed by atoms with E-state index in [0.29, 0.717) is 32.2 Å². The third-order valence-electron chi connectivity index (χ3n) is 8.98. The number of carbonyl (C=O) groups is 2. The summed E-state index contributed by atoms with van der Waals surface area (Å²) < 4.78 is 54.5. The number of hydrogen-bond donors (Lipinski definition) is 3. The summed E-state index contributed by atoms with van der Waals surface area (Å²) >= 11 is 8.25. The van der Waals surface area contributed by atoms with Crippen molar-refractivity contribution in [1.29, 1.82) is 10.5 Å². The van der Waals surface area contributed by atoms with Crippen LogP contribution in [0.3, 0.4) is 0 Å². The molecule has 7 nitrogen and oxygen atoms in total. The van der Waals surface area contributed by atoms with Gasteiger partial charge in [-0.05, 0) is 80.0 Å². The van der Waals surface area contributed by atoms with Crippen LogP contribution < -0.4 is 5.46 Å². The van der Waals surface area contributed by atoms with Crippen molar-refractivity contribution in [1.82, 2.24) is 0 Å². The number of rotatable bonds is 6. The zero-order valence-corrected chi connectivity index (χ0v) is 36.7. The summed E-state index contributed by atoms with van der Waals surface area (Å²) in [7, 11) is -1.34. The summed E-state index contributed by atoms with van der Waals surface area (Å²) in [4.78, 5) is 21.7. The van der Waals surface area contributed by atoms with Crippen molar-refractivity contribution in [3.8, 4) is 45.5 Å². The molecular formula is C52H35BBrClF4N2O5. The molecule has 66 heavy (non-hydrogen) atoms. The molecule has 0 radical (unpaired) electrons. The van der Waals surface area contributed by atoms with Crippen LogP contribution in [-0.2, 0) is 0 Å². The first-order valence-corrected chi connectivity index (χ1v) is 20.6. The van der Waals surface area contributed by atoms with E-state index in [1.54, 1.807) is 109 Å². The van der Waals surface area contributed by atoms with E-state index in [0.717, 1.165) is 11.1 Å². The van der Waals surface area contributed by atoms with Gasteiger partial charge in [0.05, 0.1) is 26.7 Å². The quantitative estimate of drug-likeness (QED) is 0.0855. The van der Waals surface area contributed by atoms with Crippen LogP contribution in [0.25, 0.3) is 33.4 Å². The molecule has 328 valence electrons. The molecule has 0 aliphatic rings. The van der Waals surface area contributed by atoms with E-state index in [1.165, 1.54) is 30.3 Å². The lowest BCUT2D eigenvalue weighted by Gasteiger charge is -2.05. The van der Waals surface area contributed by atoms with Gasteiger partial charge >= 0.3 is 13.1 Å². The van der Waals surface area contributed by atoms with Crippen LogP contribution in [0.4, 0.5) is 17.6 Å². The number of carboxylic acids is 1. The number of aromatic carboxylic acids is 1. The largest absolute Gasteiger partial charge is 0.488 e. The molecular weight excluding hydrogens is 935 g/mol. The van der Waals surface area contributed by atoms with Gasteiger partial charge in [0.15, 0.2) is 5.82 Å². The Labute approximate surface area is 392 Å². The lowest BCUT2D eigenvalue weighted by molar-refractivity contribution is 0.0691. The fourth-order valence-corrected chi connectivity index (χ4v) is 6.25. The summed E-state index contributed by atoms with van der Waals surface area (Å²) in [6, 6.07) is 57.7. The molecule has 0 amide bonds. The highest BCUT2D eigenvalue weighted by atomic mass is 79.9. The van der Waals surface area contributed by atoms with Crippen molar-refractivity contribution in [3.63, 3.8) is 0 Å². The molecule has 0 saturated heterocycles. The second-order valence-corrected chi connectivity index (χ2v) is 14.5. The smallest absolute Gasteiger partial charge is 0.478 e. The van der Waals surface area contributed by atoms with Crippen molar-refractivity contribution in [2.24, 2.45) is 0 Å². The lowest BCUT2D eigenvalue weighted by atomic mass is 9.81. The van der Waals surface area contributed by atoms with Gasteiger partial charge in [-0.3, -0.25) is 4.79 Å². The predicted octanol–water partition coefficient (Wildman–Crippen LogP) is 12.3. The van der Waals surface area contributed by atoms with Crippen molar-refractivity contribution in [2.45, 2.75) is 0 Å². The Morgan fingerprint density at radius 3 is 1.18 bits per heavy atom. The molecule has 0 aliphatic heterocycles. The van der Waals surface area contributed by atoms with E-state index >= 15 is 0 Å². The van der Waals surface area contributed by atoms with Gasteiger partial charge in [0.2, 0.25) is 0 Å². The van der Waals surface area contributed by atoms with Crippen molar-refractivity contribution in [3.05, 3.63) is 244 Å². The van der Waals surface area contributed by atoms with E-state index in [9.17, 15) is 27.2 Å². The summed E-state index contributed by atoms with van der Waals surface area (Å²) in [6.45, 7) is 0. The maximum Gasteiger partial charge on any atom is 0.488 e. The first kappa shape index (κ1) is 51.0. The summed E-state index contributed by atoms with van der Waals surface area (Å²) in [5, 5.41) is 42.2. The molecule has 0 heterocycles. The molecule has 0 aliphatic carbocycles. The Hall–Kier alpha value is -7.65. The number of hydrogen-bond acceptors (Lipinski definition) is 6. The van der Waals surface area contributed by atoms with Gasteiger partial charge in [-0.15, -0.1) is 0 Å². The standard InChI is InChI=1S/C13H8ClFO.C13H8FN.C13H9FO2.C7H3BrFN.C6H7BO2/c14-13(16)11-8-4-7-10(12(11)15)9-5-2-1-3-6-9;14-13-11(9-15)7-4-8-12(13)10-5-2-1-3-6-10;14-12-10(9-5-2-1-3-6-9)7-4-8-11(12)13(15)16;8-6-3-1-2-5(4-10)7(6)9;8-7(9)6-4-2-1-3-5-6/h1-8H;1-8H;1-8H,(H,15,16);1-3H;1-5,8-9H. The fourth-order valence-electron chi connectivity index (χ4n) is 5.74. The fraction of sp³-hybridized carbons (Fsp3) is 0. The zero-order chi connectivity index (χ0) is 48.0.